The maximum absolute atomic E-state index is 10.9. The number of carboxylic acid groups (broad SMARTS) is 3. The van der Waals surface area contributed by atoms with Crippen molar-refractivity contribution in [1.82, 2.24) is 0 Å². The van der Waals surface area contributed by atoms with Gasteiger partial charge in [0.1, 0.15) is 0 Å². The van der Waals surface area contributed by atoms with Gasteiger partial charge in [-0.3, -0.25) is 4.79 Å². The number of hydrogen-bond donors (Lipinski definition) is 3. The molecular formula is C18H24O7. The van der Waals surface area contributed by atoms with Crippen LogP contribution in [0.15, 0.2) is 18.2 Å². The first kappa shape index (κ1) is 20.6. The molecule has 0 heterocycles. The van der Waals surface area contributed by atoms with Crippen LogP contribution < -0.4 is 0 Å². The number of hydrogen-bond acceptors (Lipinski definition) is 4. The second kappa shape index (κ2) is 9.17. The molecule has 0 atom stereocenters. The van der Waals surface area contributed by atoms with E-state index in [0.717, 1.165) is 25.7 Å². The average molecular weight is 352 g/mol. The summed E-state index contributed by atoms with van der Waals surface area (Å²) in [5, 5.41) is 26.4. The summed E-state index contributed by atoms with van der Waals surface area (Å²) in [6.07, 6.45) is 3.61. The fourth-order valence-corrected chi connectivity index (χ4v) is 2.87. The molecule has 7 heteroatoms. The summed E-state index contributed by atoms with van der Waals surface area (Å²) in [6, 6.07) is 4.17. The Morgan fingerprint density at radius 2 is 1.52 bits per heavy atom. The van der Waals surface area contributed by atoms with Crippen molar-refractivity contribution in [2.75, 3.05) is 13.2 Å². The van der Waals surface area contributed by atoms with Gasteiger partial charge in [-0.2, -0.15) is 0 Å². The number of aromatic carboxylic acids is 2. The Bertz CT molecular complexity index is 598. The lowest BCUT2D eigenvalue weighted by atomic mass is 9.87. The molecule has 0 saturated heterocycles. The van der Waals surface area contributed by atoms with Gasteiger partial charge in [-0.1, -0.05) is 18.9 Å². The Balaban J connectivity index is 0.000000251. The normalized spacial score (nSPS) is 15.1. The maximum atomic E-state index is 10.9. The lowest BCUT2D eigenvalue weighted by Gasteiger charge is -2.22. The van der Waals surface area contributed by atoms with Crippen LogP contribution in [0.3, 0.4) is 0 Å². The van der Waals surface area contributed by atoms with E-state index in [2.05, 4.69) is 0 Å². The van der Waals surface area contributed by atoms with Crippen LogP contribution in [0.1, 0.15) is 58.9 Å². The summed E-state index contributed by atoms with van der Waals surface area (Å²) >= 11 is 0. The van der Waals surface area contributed by atoms with Crippen molar-refractivity contribution < 1.29 is 34.4 Å². The van der Waals surface area contributed by atoms with Crippen LogP contribution in [0.5, 0.6) is 0 Å². The smallest absolute Gasteiger partial charge is 0.335 e. The molecule has 0 unspecified atom stereocenters. The first-order valence-electron chi connectivity index (χ1n) is 8.12. The number of carbonyl (C=O) groups is 3. The van der Waals surface area contributed by atoms with Crippen LogP contribution in [0.2, 0.25) is 0 Å². The number of carboxylic acids is 3. The fourth-order valence-electron chi connectivity index (χ4n) is 2.87. The minimum atomic E-state index is -1.11. The summed E-state index contributed by atoms with van der Waals surface area (Å²) in [5.74, 6) is -2.91. The molecule has 0 aliphatic heterocycles. The summed E-state index contributed by atoms with van der Waals surface area (Å²) in [6.45, 7) is 4.37. The van der Waals surface area contributed by atoms with Gasteiger partial charge >= 0.3 is 17.9 Å². The summed E-state index contributed by atoms with van der Waals surface area (Å²) < 4.78 is 5.20. The van der Waals surface area contributed by atoms with Crippen molar-refractivity contribution in [2.45, 2.75) is 39.5 Å². The third kappa shape index (κ3) is 5.29. The zero-order valence-electron chi connectivity index (χ0n) is 14.4. The van der Waals surface area contributed by atoms with E-state index >= 15 is 0 Å². The van der Waals surface area contributed by atoms with Crippen molar-refractivity contribution >= 4 is 17.9 Å². The molecule has 0 spiro atoms. The number of benzene rings is 1. The Labute approximate surface area is 146 Å². The van der Waals surface area contributed by atoms with Crippen molar-refractivity contribution in [3.8, 4) is 0 Å². The van der Waals surface area contributed by atoms with Crippen molar-refractivity contribution in [2.24, 2.45) is 5.41 Å². The topological polar surface area (TPSA) is 121 Å². The van der Waals surface area contributed by atoms with Gasteiger partial charge in [0.25, 0.3) is 0 Å². The second-order valence-corrected chi connectivity index (χ2v) is 6.02. The SMILES string of the molecule is CCOCC1(C(=O)O)CCCC1.Cc1c(C(=O)O)cccc1C(=O)O. The molecule has 1 saturated carbocycles. The highest BCUT2D eigenvalue weighted by atomic mass is 16.5. The highest BCUT2D eigenvalue weighted by Gasteiger charge is 2.41. The van der Waals surface area contributed by atoms with E-state index in [1.807, 2.05) is 6.92 Å². The van der Waals surface area contributed by atoms with E-state index in [-0.39, 0.29) is 16.7 Å². The highest BCUT2D eigenvalue weighted by Crippen LogP contribution is 2.38. The molecule has 0 amide bonds. The molecule has 1 aliphatic carbocycles. The van der Waals surface area contributed by atoms with Crippen molar-refractivity contribution in [3.05, 3.63) is 34.9 Å². The molecule has 2 rings (SSSR count). The molecule has 7 nitrogen and oxygen atoms in total. The van der Waals surface area contributed by atoms with Crippen LogP contribution in [-0.2, 0) is 9.53 Å². The highest BCUT2D eigenvalue weighted by molar-refractivity contribution is 5.96. The predicted molar refractivity (Wildman–Crippen MR) is 90.1 cm³/mol. The van der Waals surface area contributed by atoms with Gasteiger partial charge in [0.2, 0.25) is 0 Å². The Morgan fingerprint density at radius 3 is 1.88 bits per heavy atom. The zero-order chi connectivity index (χ0) is 19.0. The van der Waals surface area contributed by atoms with E-state index in [1.54, 1.807) is 0 Å². The molecule has 138 valence electrons. The molecule has 1 aromatic carbocycles. The molecular weight excluding hydrogens is 328 g/mol. The third-order valence-corrected chi connectivity index (χ3v) is 4.39. The molecule has 3 N–H and O–H groups in total. The Kier molecular flexibility index (Phi) is 7.57. The van der Waals surface area contributed by atoms with Crippen LogP contribution in [0, 0.1) is 12.3 Å². The van der Waals surface area contributed by atoms with Crippen molar-refractivity contribution in [3.63, 3.8) is 0 Å². The van der Waals surface area contributed by atoms with E-state index in [0.29, 0.717) is 13.2 Å². The lowest BCUT2D eigenvalue weighted by Crippen LogP contribution is -2.32. The average Bonchev–Trinajstić information content (AvgIpc) is 3.03. The van der Waals surface area contributed by atoms with Gasteiger partial charge in [-0.05, 0) is 44.4 Å². The monoisotopic (exact) mass is 352 g/mol. The fraction of sp³-hybridized carbons (Fsp3) is 0.500. The summed E-state index contributed by atoms with van der Waals surface area (Å²) in [5.41, 5.74) is -0.224. The van der Waals surface area contributed by atoms with Crippen LogP contribution in [0.4, 0.5) is 0 Å². The number of ether oxygens (including phenoxy) is 1. The van der Waals surface area contributed by atoms with Gasteiger partial charge in [-0.15, -0.1) is 0 Å². The van der Waals surface area contributed by atoms with Gasteiger partial charge in [0.15, 0.2) is 0 Å². The Morgan fingerprint density at radius 1 is 1.04 bits per heavy atom. The van der Waals surface area contributed by atoms with Crippen LogP contribution in [-0.4, -0.2) is 46.4 Å². The number of rotatable bonds is 6. The maximum Gasteiger partial charge on any atom is 0.335 e. The minimum absolute atomic E-state index is 0.0277. The van der Waals surface area contributed by atoms with Gasteiger partial charge in [0.05, 0.1) is 23.1 Å². The van der Waals surface area contributed by atoms with Crippen LogP contribution >= 0.6 is 0 Å². The molecule has 1 aromatic rings. The van der Waals surface area contributed by atoms with E-state index < -0.39 is 23.3 Å². The minimum Gasteiger partial charge on any atom is -0.481 e. The first-order valence-corrected chi connectivity index (χ1v) is 8.12. The summed E-state index contributed by atoms with van der Waals surface area (Å²) in [4.78, 5) is 32.2. The molecule has 1 fully saturated rings. The largest absolute Gasteiger partial charge is 0.481 e. The second-order valence-electron chi connectivity index (χ2n) is 6.02. The van der Waals surface area contributed by atoms with E-state index in [9.17, 15) is 14.4 Å². The quantitative estimate of drug-likeness (QED) is 0.719. The molecule has 1 aliphatic rings. The molecule has 25 heavy (non-hydrogen) atoms. The first-order chi connectivity index (χ1) is 11.7. The van der Waals surface area contributed by atoms with Gasteiger partial charge in [0, 0.05) is 6.61 Å². The van der Waals surface area contributed by atoms with E-state index in [1.165, 1.54) is 25.1 Å². The molecule has 0 radical (unpaired) electrons. The molecule has 0 bridgehead atoms. The van der Waals surface area contributed by atoms with Gasteiger partial charge in [-0.25, -0.2) is 9.59 Å². The summed E-state index contributed by atoms with van der Waals surface area (Å²) in [7, 11) is 0. The number of aliphatic carboxylic acids is 1. The third-order valence-electron chi connectivity index (χ3n) is 4.39. The standard InChI is InChI=1S/C9H8O4.C9H16O3/c1-5-6(8(10)11)3-2-4-7(5)9(12)13;1-2-12-7-9(8(10)11)5-3-4-6-9/h2-4H,1H3,(H,10,11)(H,12,13);2-7H2,1H3,(H,10,11). The van der Waals surface area contributed by atoms with Crippen molar-refractivity contribution in [1.29, 1.82) is 0 Å². The Hall–Kier alpha value is -2.41. The lowest BCUT2D eigenvalue weighted by molar-refractivity contribution is -0.152. The zero-order valence-corrected chi connectivity index (χ0v) is 14.4. The van der Waals surface area contributed by atoms with Crippen LogP contribution in [0.25, 0.3) is 0 Å². The molecule has 0 aromatic heterocycles. The van der Waals surface area contributed by atoms with Gasteiger partial charge < -0.3 is 20.1 Å². The van der Waals surface area contributed by atoms with E-state index in [4.69, 9.17) is 20.1 Å². The predicted octanol–water partition coefficient (Wildman–Crippen LogP) is 3.06.